The summed E-state index contributed by atoms with van der Waals surface area (Å²) in [4.78, 5) is 11.6. The zero-order chi connectivity index (χ0) is 15.4. The van der Waals surface area contributed by atoms with E-state index in [0.29, 0.717) is 12.0 Å². The van der Waals surface area contributed by atoms with Crippen molar-refractivity contribution in [1.82, 2.24) is 24.7 Å². The molecule has 0 bridgehead atoms. The highest BCUT2D eigenvalue weighted by Gasteiger charge is 2.34. The summed E-state index contributed by atoms with van der Waals surface area (Å²) in [7, 11) is 0. The minimum atomic E-state index is 0.359. The molecule has 2 aliphatic rings. The molecule has 116 valence electrons. The molecular weight excluding hydrogens is 288 g/mol. The van der Waals surface area contributed by atoms with Gasteiger partial charge in [-0.25, -0.2) is 4.98 Å². The number of rotatable bonds is 2. The predicted octanol–water partition coefficient (Wildman–Crippen LogP) is 2.68. The Kier molecular flexibility index (Phi) is 2.68. The van der Waals surface area contributed by atoms with Crippen LogP contribution in [0.4, 0.5) is 5.82 Å². The zero-order valence-electron chi connectivity index (χ0n) is 13.1. The van der Waals surface area contributed by atoms with E-state index in [1.165, 1.54) is 18.7 Å². The maximum Gasteiger partial charge on any atom is 0.152 e. The van der Waals surface area contributed by atoms with E-state index in [1.807, 2.05) is 30.5 Å². The van der Waals surface area contributed by atoms with Crippen LogP contribution in [0.15, 0.2) is 30.5 Å². The predicted molar refractivity (Wildman–Crippen MR) is 87.3 cm³/mol. The Labute approximate surface area is 134 Å². The van der Waals surface area contributed by atoms with Gasteiger partial charge in [0, 0.05) is 12.5 Å². The molecule has 23 heavy (non-hydrogen) atoms. The molecule has 0 radical (unpaired) electrons. The number of fused-ring (bicyclic) bond motifs is 2. The fourth-order valence-electron chi connectivity index (χ4n) is 3.46. The molecule has 0 spiro atoms. The number of aromatic nitrogens is 5. The molecule has 3 heterocycles. The van der Waals surface area contributed by atoms with Crippen LogP contribution in [0.2, 0.25) is 0 Å². The highest BCUT2D eigenvalue weighted by Crippen LogP contribution is 2.41. The molecule has 5 rings (SSSR count). The van der Waals surface area contributed by atoms with Gasteiger partial charge in [-0.1, -0.05) is 12.1 Å². The molecule has 1 aliphatic heterocycles. The molecule has 0 amide bonds. The molecular formula is C17H18N6. The topological polar surface area (TPSA) is 59.7 Å². The van der Waals surface area contributed by atoms with Crippen molar-refractivity contribution < 1.29 is 0 Å². The lowest BCUT2D eigenvalue weighted by Crippen LogP contribution is -2.37. The van der Waals surface area contributed by atoms with Gasteiger partial charge < -0.3 is 9.47 Å². The first-order valence-electron chi connectivity index (χ1n) is 8.20. The third kappa shape index (κ3) is 2.09. The summed E-state index contributed by atoms with van der Waals surface area (Å²) in [6.45, 7) is 3.90. The van der Waals surface area contributed by atoms with E-state index >= 15 is 0 Å². The van der Waals surface area contributed by atoms with Crippen molar-refractivity contribution in [3.8, 4) is 0 Å². The summed E-state index contributed by atoms with van der Waals surface area (Å²) < 4.78 is 2.34. The molecule has 6 nitrogen and oxygen atoms in total. The van der Waals surface area contributed by atoms with Crippen LogP contribution in [0.1, 0.15) is 43.4 Å². The molecule has 6 heteroatoms. The Morgan fingerprint density at radius 1 is 1.09 bits per heavy atom. The lowest BCUT2D eigenvalue weighted by molar-refractivity contribution is 0.447. The SMILES string of the molecule is C[C@H]1CN(c2cnc3ccccc3n2)Cc2nnc(C3CC3)n21. The second kappa shape index (κ2) is 4.75. The largest absolute Gasteiger partial charge is 0.346 e. The van der Waals surface area contributed by atoms with Crippen molar-refractivity contribution in [2.45, 2.75) is 38.3 Å². The third-order valence-electron chi connectivity index (χ3n) is 4.75. The standard InChI is InChI=1S/C17H18N6/c1-11-9-22(10-16-20-21-17(23(11)16)12-6-7-12)15-8-18-13-4-2-3-5-14(13)19-15/h2-5,8,11-12H,6-7,9-10H2,1H3/t11-/m0/s1. The molecule has 2 aromatic heterocycles. The van der Waals surface area contributed by atoms with E-state index in [-0.39, 0.29) is 0 Å². The van der Waals surface area contributed by atoms with Gasteiger partial charge in [-0.3, -0.25) is 4.98 Å². The molecule has 0 saturated heterocycles. The maximum atomic E-state index is 4.77. The summed E-state index contributed by atoms with van der Waals surface area (Å²) in [5, 5.41) is 8.87. The van der Waals surface area contributed by atoms with Crippen LogP contribution < -0.4 is 4.90 Å². The number of anilines is 1. The van der Waals surface area contributed by atoms with Crippen LogP contribution in [-0.4, -0.2) is 31.3 Å². The molecule has 1 atom stereocenters. The van der Waals surface area contributed by atoms with Gasteiger partial charge in [-0.05, 0) is 31.9 Å². The first-order chi connectivity index (χ1) is 11.3. The van der Waals surface area contributed by atoms with Crippen molar-refractivity contribution in [2.24, 2.45) is 0 Å². The average molecular weight is 306 g/mol. The fourth-order valence-corrected chi connectivity index (χ4v) is 3.46. The zero-order valence-corrected chi connectivity index (χ0v) is 13.1. The number of benzene rings is 1. The van der Waals surface area contributed by atoms with Crippen molar-refractivity contribution in [3.05, 3.63) is 42.1 Å². The molecule has 1 aromatic carbocycles. The van der Waals surface area contributed by atoms with Gasteiger partial charge in [0.15, 0.2) is 5.82 Å². The molecule has 1 saturated carbocycles. The van der Waals surface area contributed by atoms with Gasteiger partial charge in [0.1, 0.15) is 11.6 Å². The minimum absolute atomic E-state index is 0.359. The summed E-state index contributed by atoms with van der Waals surface area (Å²) in [6, 6.07) is 8.34. The van der Waals surface area contributed by atoms with E-state index in [9.17, 15) is 0 Å². The summed E-state index contributed by atoms with van der Waals surface area (Å²) in [6.07, 6.45) is 4.37. The van der Waals surface area contributed by atoms with Crippen molar-refractivity contribution in [3.63, 3.8) is 0 Å². The number of hydrogen-bond donors (Lipinski definition) is 0. The Morgan fingerprint density at radius 2 is 1.91 bits per heavy atom. The second-order valence-electron chi connectivity index (χ2n) is 6.57. The highest BCUT2D eigenvalue weighted by molar-refractivity contribution is 5.75. The van der Waals surface area contributed by atoms with Crippen LogP contribution in [-0.2, 0) is 6.54 Å². The molecule has 0 N–H and O–H groups in total. The second-order valence-corrected chi connectivity index (χ2v) is 6.57. The number of nitrogens with zero attached hydrogens (tertiary/aromatic N) is 6. The average Bonchev–Trinajstić information content (AvgIpc) is 3.33. The first-order valence-corrected chi connectivity index (χ1v) is 8.20. The van der Waals surface area contributed by atoms with Crippen LogP contribution in [0, 0.1) is 0 Å². The van der Waals surface area contributed by atoms with Crippen molar-refractivity contribution in [1.29, 1.82) is 0 Å². The summed E-state index contributed by atoms with van der Waals surface area (Å²) >= 11 is 0. The lowest BCUT2D eigenvalue weighted by Gasteiger charge is -2.33. The van der Waals surface area contributed by atoms with E-state index < -0.39 is 0 Å². The number of para-hydroxylation sites is 2. The van der Waals surface area contributed by atoms with Crippen molar-refractivity contribution in [2.75, 3.05) is 11.4 Å². The highest BCUT2D eigenvalue weighted by atomic mass is 15.4. The molecule has 1 aliphatic carbocycles. The number of hydrogen-bond acceptors (Lipinski definition) is 5. The smallest absolute Gasteiger partial charge is 0.152 e. The van der Waals surface area contributed by atoms with Gasteiger partial charge in [0.2, 0.25) is 0 Å². The van der Waals surface area contributed by atoms with Gasteiger partial charge in [0.05, 0.1) is 29.8 Å². The van der Waals surface area contributed by atoms with Gasteiger partial charge in [-0.15, -0.1) is 10.2 Å². The van der Waals surface area contributed by atoms with Crippen LogP contribution in [0.5, 0.6) is 0 Å². The normalized spacial score (nSPS) is 20.7. The van der Waals surface area contributed by atoms with Crippen LogP contribution in [0.3, 0.4) is 0 Å². The third-order valence-corrected chi connectivity index (χ3v) is 4.75. The van der Waals surface area contributed by atoms with E-state index in [0.717, 1.165) is 35.8 Å². The Hall–Kier alpha value is -2.50. The van der Waals surface area contributed by atoms with E-state index in [1.54, 1.807) is 0 Å². The Bertz CT molecular complexity index is 882. The van der Waals surface area contributed by atoms with E-state index in [2.05, 4.69) is 31.6 Å². The van der Waals surface area contributed by atoms with Crippen molar-refractivity contribution >= 4 is 16.9 Å². The van der Waals surface area contributed by atoms with Gasteiger partial charge >= 0.3 is 0 Å². The quantitative estimate of drug-likeness (QED) is 0.728. The molecule has 1 fully saturated rings. The lowest BCUT2D eigenvalue weighted by atomic mass is 10.2. The summed E-state index contributed by atoms with van der Waals surface area (Å²) in [5.41, 5.74) is 1.86. The van der Waals surface area contributed by atoms with Gasteiger partial charge in [-0.2, -0.15) is 0 Å². The Balaban J connectivity index is 1.51. The minimum Gasteiger partial charge on any atom is -0.346 e. The van der Waals surface area contributed by atoms with Crippen LogP contribution >= 0.6 is 0 Å². The van der Waals surface area contributed by atoms with Crippen LogP contribution in [0.25, 0.3) is 11.0 Å². The molecule has 0 unspecified atom stereocenters. The maximum absolute atomic E-state index is 4.77. The fraction of sp³-hybridized carbons (Fsp3) is 0.412. The summed E-state index contributed by atoms with van der Waals surface area (Å²) in [5.74, 6) is 3.76. The van der Waals surface area contributed by atoms with Gasteiger partial charge in [0.25, 0.3) is 0 Å². The monoisotopic (exact) mass is 306 g/mol. The Morgan fingerprint density at radius 3 is 2.74 bits per heavy atom. The van der Waals surface area contributed by atoms with E-state index in [4.69, 9.17) is 4.98 Å². The first kappa shape index (κ1) is 13.0. The molecule has 3 aromatic rings.